The lowest BCUT2D eigenvalue weighted by Crippen LogP contribution is -2.41. The molecule has 1 spiro atoms. The van der Waals surface area contributed by atoms with Crippen LogP contribution in [0.25, 0.3) is 66.1 Å². The van der Waals surface area contributed by atoms with Crippen molar-refractivity contribution in [2.45, 2.75) is 30.6 Å². The first-order chi connectivity index (χ1) is 21.9. The van der Waals surface area contributed by atoms with Crippen molar-refractivity contribution in [3.63, 3.8) is 0 Å². The minimum absolute atomic E-state index is 0.181. The van der Waals surface area contributed by atoms with Crippen molar-refractivity contribution in [3.8, 4) is 22.5 Å². The molecule has 0 bridgehead atoms. The Hall–Kier alpha value is -5.08. The fourth-order valence-corrected chi connectivity index (χ4v) is 10.6. The maximum atomic E-state index is 2.64. The highest BCUT2D eigenvalue weighted by Crippen LogP contribution is 2.70. The van der Waals surface area contributed by atoms with E-state index in [0.717, 1.165) is 0 Å². The van der Waals surface area contributed by atoms with E-state index >= 15 is 0 Å². The van der Waals surface area contributed by atoms with Crippen LogP contribution in [-0.4, -0.2) is 9.13 Å². The Kier molecular flexibility index (Phi) is 3.75. The zero-order valence-electron chi connectivity index (χ0n) is 24.2. The third kappa shape index (κ3) is 2.24. The van der Waals surface area contributed by atoms with Crippen molar-refractivity contribution in [2.24, 2.45) is 5.92 Å². The molecule has 2 aliphatic carbocycles. The van der Waals surface area contributed by atoms with E-state index in [1.54, 1.807) is 16.7 Å². The SMILES string of the molecule is c1ccc(-c2ccc3c(c2)C24c5c(cccc5-n5c6ccccc6c6cc7c8ccccc8n-3c7c2c65)C2CCCC24)cc1. The topological polar surface area (TPSA) is 9.86 Å². The molecule has 6 aromatic carbocycles. The zero-order valence-corrected chi connectivity index (χ0v) is 24.2. The summed E-state index contributed by atoms with van der Waals surface area (Å²) in [6.07, 6.45) is 3.86. The molecule has 0 N–H and O–H groups in total. The van der Waals surface area contributed by atoms with Gasteiger partial charge in [0.25, 0.3) is 0 Å². The molecule has 0 amide bonds. The summed E-state index contributed by atoms with van der Waals surface area (Å²) in [6, 6.07) is 46.4. The van der Waals surface area contributed by atoms with Gasteiger partial charge in [0, 0.05) is 27.1 Å². The van der Waals surface area contributed by atoms with Crippen molar-refractivity contribution in [3.05, 3.63) is 144 Å². The van der Waals surface area contributed by atoms with Crippen LogP contribution in [0.5, 0.6) is 0 Å². The predicted molar refractivity (Wildman–Crippen MR) is 181 cm³/mol. The third-order valence-corrected chi connectivity index (χ3v) is 11.9. The first-order valence-electron chi connectivity index (χ1n) is 16.2. The zero-order chi connectivity index (χ0) is 28.3. The molecule has 0 radical (unpaired) electrons. The van der Waals surface area contributed by atoms with Gasteiger partial charge in [-0.3, -0.25) is 0 Å². The number of hydrogen-bond acceptors (Lipinski definition) is 0. The first kappa shape index (κ1) is 22.5. The minimum Gasteiger partial charge on any atom is -0.309 e. The summed E-state index contributed by atoms with van der Waals surface area (Å²) in [4.78, 5) is 0. The van der Waals surface area contributed by atoms with Crippen LogP contribution < -0.4 is 0 Å². The van der Waals surface area contributed by atoms with Gasteiger partial charge in [-0.05, 0) is 88.9 Å². The second kappa shape index (κ2) is 7.34. The molecule has 4 heterocycles. The van der Waals surface area contributed by atoms with Gasteiger partial charge in [-0.25, -0.2) is 0 Å². The molecule has 1 fully saturated rings. The molecule has 206 valence electrons. The summed E-state index contributed by atoms with van der Waals surface area (Å²) < 4.78 is 5.28. The van der Waals surface area contributed by atoms with Crippen LogP contribution in [-0.2, 0) is 5.41 Å². The summed E-state index contributed by atoms with van der Waals surface area (Å²) in [6.45, 7) is 0. The highest BCUT2D eigenvalue weighted by molar-refractivity contribution is 6.23. The Balaban J connectivity index is 1.41. The lowest BCUT2D eigenvalue weighted by atomic mass is 9.60. The van der Waals surface area contributed by atoms with Crippen LogP contribution >= 0.6 is 0 Å². The van der Waals surface area contributed by atoms with Gasteiger partial charge < -0.3 is 9.13 Å². The van der Waals surface area contributed by atoms with E-state index in [-0.39, 0.29) is 5.41 Å². The number of rotatable bonds is 1. The third-order valence-electron chi connectivity index (χ3n) is 11.9. The van der Waals surface area contributed by atoms with E-state index in [1.165, 1.54) is 90.9 Å². The average Bonchev–Trinajstić information content (AvgIpc) is 3.84. The lowest BCUT2D eigenvalue weighted by Gasteiger charge is -2.46. The van der Waals surface area contributed by atoms with Gasteiger partial charge in [-0.15, -0.1) is 0 Å². The molecule has 2 aromatic heterocycles. The largest absolute Gasteiger partial charge is 0.309 e. The van der Waals surface area contributed by atoms with E-state index in [2.05, 4.69) is 130 Å². The van der Waals surface area contributed by atoms with Gasteiger partial charge in [0.15, 0.2) is 0 Å². The molecular formula is C42H28N2. The van der Waals surface area contributed by atoms with Crippen LogP contribution in [0.15, 0.2) is 121 Å². The maximum absolute atomic E-state index is 2.64. The molecule has 8 aromatic rings. The molecule has 2 heteroatoms. The van der Waals surface area contributed by atoms with Crippen molar-refractivity contribution < 1.29 is 0 Å². The number of aromatic nitrogens is 2. The van der Waals surface area contributed by atoms with Crippen molar-refractivity contribution >= 4 is 43.6 Å². The summed E-state index contributed by atoms with van der Waals surface area (Å²) in [5.74, 6) is 1.14. The second-order valence-electron chi connectivity index (χ2n) is 13.5. The number of benzene rings is 6. The lowest BCUT2D eigenvalue weighted by molar-refractivity contribution is 0.383. The Bertz CT molecular complexity index is 2600. The van der Waals surface area contributed by atoms with Gasteiger partial charge in [0.05, 0.1) is 38.9 Å². The molecule has 1 saturated carbocycles. The van der Waals surface area contributed by atoms with Crippen LogP contribution in [0.4, 0.5) is 0 Å². The second-order valence-corrected chi connectivity index (χ2v) is 13.5. The maximum Gasteiger partial charge on any atom is 0.0607 e. The number of nitrogens with zero attached hydrogens (tertiary/aromatic N) is 2. The first-order valence-corrected chi connectivity index (χ1v) is 16.2. The summed E-state index contributed by atoms with van der Waals surface area (Å²) in [5, 5.41) is 5.50. The summed E-state index contributed by atoms with van der Waals surface area (Å²) in [5.41, 5.74) is 16.9. The van der Waals surface area contributed by atoms with E-state index in [1.807, 2.05) is 0 Å². The summed E-state index contributed by atoms with van der Waals surface area (Å²) in [7, 11) is 0. The minimum atomic E-state index is -0.181. The Morgan fingerprint density at radius 3 is 2.00 bits per heavy atom. The number of hydrogen-bond donors (Lipinski definition) is 0. The smallest absolute Gasteiger partial charge is 0.0607 e. The Morgan fingerprint density at radius 2 is 1.23 bits per heavy atom. The average molecular weight is 561 g/mol. The highest BCUT2D eigenvalue weighted by atomic mass is 15.1. The van der Waals surface area contributed by atoms with E-state index in [0.29, 0.717) is 11.8 Å². The molecule has 12 rings (SSSR count). The van der Waals surface area contributed by atoms with Crippen LogP contribution in [0.2, 0.25) is 0 Å². The van der Waals surface area contributed by atoms with Crippen LogP contribution in [0.3, 0.4) is 0 Å². The van der Waals surface area contributed by atoms with E-state index < -0.39 is 0 Å². The highest BCUT2D eigenvalue weighted by Gasteiger charge is 2.61. The van der Waals surface area contributed by atoms with Crippen molar-refractivity contribution in [1.29, 1.82) is 0 Å². The van der Waals surface area contributed by atoms with Crippen LogP contribution in [0.1, 0.15) is 47.4 Å². The van der Waals surface area contributed by atoms with Crippen molar-refractivity contribution in [1.82, 2.24) is 9.13 Å². The van der Waals surface area contributed by atoms with E-state index in [9.17, 15) is 0 Å². The molecule has 44 heavy (non-hydrogen) atoms. The quantitative estimate of drug-likeness (QED) is 0.189. The van der Waals surface area contributed by atoms with Gasteiger partial charge in [-0.2, -0.15) is 0 Å². The molecule has 4 aliphatic rings. The fourth-order valence-electron chi connectivity index (χ4n) is 10.6. The van der Waals surface area contributed by atoms with Crippen LogP contribution in [0, 0.1) is 5.92 Å². The molecular weight excluding hydrogens is 532 g/mol. The number of para-hydroxylation sites is 2. The van der Waals surface area contributed by atoms with Crippen molar-refractivity contribution in [2.75, 3.05) is 0 Å². The van der Waals surface area contributed by atoms with Gasteiger partial charge in [0.1, 0.15) is 0 Å². The molecule has 0 saturated heterocycles. The molecule has 3 unspecified atom stereocenters. The molecule has 2 nitrogen and oxygen atoms in total. The number of fused-ring (bicyclic) bond motifs is 11. The van der Waals surface area contributed by atoms with Gasteiger partial charge >= 0.3 is 0 Å². The monoisotopic (exact) mass is 560 g/mol. The summed E-state index contributed by atoms with van der Waals surface area (Å²) >= 11 is 0. The van der Waals surface area contributed by atoms with Gasteiger partial charge in [0.2, 0.25) is 0 Å². The Morgan fingerprint density at radius 1 is 0.523 bits per heavy atom. The predicted octanol–water partition coefficient (Wildman–Crippen LogP) is 10.4. The Labute approximate surface area is 254 Å². The standard InChI is InChI=1S/C42H28N2/c1-2-10-24(11-3-1)25-20-21-36-33(22-25)42-32-16-8-14-26(32)29-15-9-19-37(38(29)42)44-35-18-7-5-13-28(35)31-23-30-27-12-4-6-17-34(27)43(36)40(30)39(42)41(31)44/h1-7,9-13,15,17-23,26,32H,8,14,16H2. The molecule has 2 aliphatic heterocycles. The van der Waals surface area contributed by atoms with Gasteiger partial charge in [-0.1, -0.05) is 91.3 Å². The molecule has 3 atom stereocenters. The normalized spacial score (nSPS) is 21.9. The van der Waals surface area contributed by atoms with E-state index in [4.69, 9.17) is 0 Å². The fraction of sp³-hybridized carbons (Fsp3) is 0.143.